The van der Waals surface area contributed by atoms with Crippen molar-refractivity contribution in [2.24, 2.45) is 5.92 Å². The van der Waals surface area contributed by atoms with Gasteiger partial charge in [-0.05, 0) is 27.2 Å². The Labute approximate surface area is 136 Å². The molecule has 2 atom stereocenters. The quantitative estimate of drug-likeness (QED) is 0.900. The van der Waals surface area contributed by atoms with Crippen LogP contribution in [-0.4, -0.2) is 52.1 Å². The van der Waals surface area contributed by atoms with Crippen LogP contribution in [0.15, 0.2) is 6.20 Å². The van der Waals surface area contributed by atoms with Crippen LogP contribution >= 0.6 is 0 Å². The number of carbonyl (C=O) groups excluding carboxylic acids is 2. The third kappa shape index (κ3) is 3.10. The molecule has 0 aliphatic carbocycles. The van der Waals surface area contributed by atoms with Crippen LogP contribution < -0.4 is 5.32 Å². The molecule has 0 saturated carbocycles. The molecule has 0 radical (unpaired) electrons. The second-order valence-electron chi connectivity index (χ2n) is 6.57. The van der Waals surface area contributed by atoms with Crippen LogP contribution in [0, 0.1) is 5.92 Å². The predicted octanol–water partition coefficient (Wildman–Crippen LogP) is 0.961. The highest BCUT2D eigenvalue weighted by Gasteiger charge is 2.35. The first-order chi connectivity index (χ1) is 11.0. The molecule has 2 aliphatic heterocycles. The maximum absolute atomic E-state index is 12.6. The highest BCUT2D eigenvalue weighted by Crippen LogP contribution is 2.28. The average Bonchev–Trinajstić information content (AvgIpc) is 3.16. The fourth-order valence-corrected chi connectivity index (χ4v) is 3.20. The Morgan fingerprint density at radius 1 is 1.39 bits per heavy atom. The molecule has 3 heterocycles. The third-order valence-corrected chi connectivity index (χ3v) is 4.44. The zero-order valence-electron chi connectivity index (χ0n) is 13.9. The number of ether oxygens (including phenoxy) is 1. The van der Waals surface area contributed by atoms with Gasteiger partial charge in [-0.2, -0.15) is 0 Å². The Balaban J connectivity index is 1.77. The fourth-order valence-electron chi connectivity index (χ4n) is 3.20. The van der Waals surface area contributed by atoms with E-state index in [-0.39, 0.29) is 29.8 Å². The summed E-state index contributed by atoms with van der Waals surface area (Å²) in [6.07, 6.45) is 2.57. The first-order valence-electron chi connectivity index (χ1n) is 8.23. The van der Waals surface area contributed by atoms with Crippen molar-refractivity contribution in [2.45, 2.75) is 45.8 Å². The van der Waals surface area contributed by atoms with E-state index in [0.29, 0.717) is 32.0 Å². The highest BCUT2D eigenvalue weighted by molar-refractivity contribution is 5.92. The second kappa shape index (κ2) is 6.31. The summed E-state index contributed by atoms with van der Waals surface area (Å²) in [4.78, 5) is 31.1. The van der Waals surface area contributed by atoms with E-state index in [1.165, 1.54) is 0 Å². The molecular weight excluding hydrogens is 296 g/mol. The topological polar surface area (TPSA) is 76.5 Å². The molecule has 0 bridgehead atoms. The number of imidazole rings is 1. The van der Waals surface area contributed by atoms with Gasteiger partial charge in [0.1, 0.15) is 11.5 Å². The largest absolute Gasteiger partial charge is 0.381 e. The van der Waals surface area contributed by atoms with Gasteiger partial charge in [0.15, 0.2) is 0 Å². The second-order valence-corrected chi connectivity index (χ2v) is 6.57. The number of hydrogen-bond donors (Lipinski definition) is 1. The summed E-state index contributed by atoms with van der Waals surface area (Å²) >= 11 is 0. The molecule has 0 aromatic carbocycles. The molecular formula is C16H24N4O3. The smallest absolute Gasteiger partial charge is 0.271 e. The standard InChI is InChI=1S/C16H24N4O3/c1-10(2)17-15(21)13-8-19-5-6-20(11(3)14(19)18-13)16(22)12-4-7-23-9-12/h8,10-12H,4-7,9H2,1-3H3,(H,17,21). The summed E-state index contributed by atoms with van der Waals surface area (Å²) in [7, 11) is 0. The average molecular weight is 320 g/mol. The Bertz CT molecular complexity index is 604. The van der Waals surface area contributed by atoms with Crippen molar-refractivity contribution in [3.05, 3.63) is 17.7 Å². The zero-order chi connectivity index (χ0) is 16.6. The van der Waals surface area contributed by atoms with Crippen molar-refractivity contribution in [1.29, 1.82) is 0 Å². The molecule has 2 amide bonds. The minimum absolute atomic E-state index is 0.0392. The normalized spacial score (nSPS) is 23.9. The molecule has 1 aromatic rings. The van der Waals surface area contributed by atoms with Gasteiger partial charge < -0.3 is 19.5 Å². The number of nitrogens with zero attached hydrogens (tertiary/aromatic N) is 3. The molecule has 2 unspecified atom stereocenters. The first kappa shape index (κ1) is 16.0. The number of carbonyl (C=O) groups is 2. The lowest BCUT2D eigenvalue weighted by atomic mass is 10.1. The summed E-state index contributed by atoms with van der Waals surface area (Å²) in [5.41, 5.74) is 0.416. The summed E-state index contributed by atoms with van der Waals surface area (Å²) in [6, 6.07) is -0.0588. The molecule has 1 fully saturated rings. The van der Waals surface area contributed by atoms with E-state index in [0.717, 1.165) is 12.2 Å². The number of fused-ring (bicyclic) bond motifs is 1. The van der Waals surface area contributed by atoms with Crippen LogP contribution in [0.2, 0.25) is 0 Å². The van der Waals surface area contributed by atoms with Crippen LogP contribution in [0.3, 0.4) is 0 Å². The van der Waals surface area contributed by atoms with Gasteiger partial charge in [0.2, 0.25) is 5.91 Å². The van der Waals surface area contributed by atoms with Gasteiger partial charge in [0.25, 0.3) is 5.91 Å². The van der Waals surface area contributed by atoms with E-state index in [9.17, 15) is 9.59 Å². The first-order valence-corrected chi connectivity index (χ1v) is 8.23. The summed E-state index contributed by atoms with van der Waals surface area (Å²) in [5.74, 6) is 0.702. The van der Waals surface area contributed by atoms with Crippen LogP contribution in [-0.2, 0) is 16.1 Å². The fraction of sp³-hybridized carbons (Fsp3) is 0.688. The number of amides is 2. The Morgan fingerprint density at radius 3 is 2.83 bits per heavy atom. The molecule has 0 spiro atoms. The molecule has 1 N–H and O–H groups in total. The summed E-state index contributed by atoms with van der Waals surface area (Å²) < 4.78 is 7.31. The van der Waals surface area contributed by atoms with E-state index < -0.39 is 0 Å². The predicted molar refractivity (Wildman–Crippen MR) is 83.9 cm³/mol. The van der Waals surface area contributed by atoms with Gasteiger partial charge in [-0.3, -0.25) is 9.59 Å². The van der Waals surface area contributed by atoms with Gasteiger partial charge in [-0.15, -0.1) is 0 Å². The summed E-state index contributed by atoms with van der Waals surface area (Å²) in [5, 5.41) is 2.85. The van der Waals surface area contributed by atoms with E-state index >= 15 is 0 Å². The lowest BCUT2D eigenvalue weighted by Gasteiger charge is -2.35. The number of nitrogens with one attached hydrogen (secondary N) is 1. The minimum Gasteiger partial charge on any atom is -0.381 e. The number of aromatic nitrogens is 2. The lowest BCUT2D eigenvalue weighted by molar-refractivity contribution is -0.138. The van der Waals surface area contributed by atoms with Gasteiger partial charge in [-0.1, -0.05) is 0 Å². The Kier molecular flexibility index (Phi) is 4.39. The van der Waals surface area contributed by atoms with Crippen molar-refractivity contribution in [2.75, 3.05) is 19.8 Å². The van der Waals surface area contributed by atoms with Gasteiger partial charge in [-0.25, -0.2) is 4.98 Å². The molecule has 7 heteroatoms. The van der Waals surface area contributed by atoms with Crippen molar-refractivity contribution >= 4 is 11.8 Å². The van der Waals surface area contributed by atoms with Crippen LogP contribution in [0.4, 0.5) is 0 Å². The van der Waals surface area contributed by atoms with Crippen molar-refractivity contribution in [3.8, 4) is 0 Å². The molecule has 126 valence electrons. The monoisotopic (exact) mass is 320 g/mol. The van der Waals surface area contributed by atoms with E-state index in [4.69, 9.17) is 4.74 Å². The van der Waals surface area contributed by atoms with E-state index in [2.05, 4.69) is 10.3 Å². The zero-order valence-corrected chi connectivity index (χ0v) is 13.9. The van der Waals surface area contributed by atoms with E-state index in [1.807, 2.05) is 30.2 Å². The third-order valence-electron chi connectivity index (χ3n) is 4.44. The summed E-state index contributed by atoms with van der Waals surface area (Å²) in [6.45, 7) is 8.29. The van der Waals surface area contributed by atoms with Gasteiger partial charge in [0.05, 0.1) is 18.6 Å². The Morgan fingerprint density at radius 2 is 2.17 bits per heavy atom. The minimum atomic E-state index is -0.170. The maximum atomic E-state index is 12.6. The van der Waals surface area contributed by atoms with Gasteiger partial charge >= 0.3 is 0 Å². The van der Waals surface area contributed by atoms with E-state index in [1.54, 1.807) is 6.20 Å². The lowest BCUT2D eigenvalue weighted by Crippen LogP contribution is -2.44. The molecule has 3 rings (SSSR count). The molecule has 23 heavy (non-hydrogen) atoms. The van der Waals surface area contributed by atoms with Crippen LogP contribution in [0.5, 0.6) is 0 Å². The number of rotatable bonds is 3. The van der Waals surface area contributed by atoms with Crippen LogP contribution in [0.1, 0.15) is 49.5 Å². The SMILES string of the molecule is CC(C)NC(=O)c1cn2c(n1)C(C)N(C(=O)C1CCOC1)CC2. The molecule has 1 saturated heterocycles. The molecule has 7 nitrogen and oxygen atoms in total. The Hall–Kier alpha value is -1.89. The molecule has 2 aliphatic rings. The van der Waals surface area contributed by atoms with Gasteiger partial charge in [0, 0.05) is 31.9 Å². The van der Waals surface area contributed by atoms with Crippen LogP contribution in [0.25, 0.3) is 0 Å². The maximum Gasteiger partial charge on any atom is 0.271 e. The van der Waals surface area contributed by atoms with Crippen molar-refractivity contribution in [3.63, 3.8) is 0 Å². The van der Waals surface area contributed by atoms with Crippen molar-refractivity contribution in [1.82, 2.24) is 19.8 Å². The molecule has 1 aromatic heterocycles. The number of hydrogen-bond acceptors (Lipinski definition) is 4. The van der Waals surface area contributed by atoms with Crippen molar-refractivity contribution < 1.29 is 14.3 Å². The highest BCUT2D eigenvalue weighted by atomic mass is 16.5.